The molecule has 0 atom stereocenters. The van der Waals surface area contributed by atoms with Crippen LogP contribution in [0.5, 0.6) is 0 Å². The first-order chi connectivity index (χ1) is 9.06. The monoisotopic (exact) mass is 304 g/mol. The molecule has 1 aromatic rings. The Morgan fingerprint density at radius 2 is 2.16 bits per heavy atom. The third kappa shape index (κ3) is 5.78. The number of nitrogens with one attached hydrogen (secondary N) is 1. The lowest BCUT2D eigenvalue weighted by atomic mass is 10.3. The van der Waals surface area contributed by atoms with Crippen LogP contribution in [0.15, 0.2) is 18.2 Å². The van der Waals surface area contributed by atoms with E-state index in [4.69, 9.17) is 28.3 Å². The summed E-state index contributed by atoms with van der Waals surface area (Å²) in [7, 11) is 0. The standard InChI is InChI=1S/C13H18Cl2N2O2/c1-2-17(6-3-7-18)9-13(19)16-12-8-10(14)4-5-11(12)15/h4-5,8,18H,2-3,6-7,9H2,1H3,(H,16,19). The molecule has 0 aliphatic rings. The van der Waals surface area contributed by atoms with Crippen LogP contribution in [0.1, 0.15) is 13.3 Å². The Balaban J connectivity index is 2.56. The molecule has 2 N–H and O–H groups in total. The zero-order chi connectivity index (χ0) is 14.3. The Morgan fingerprint density at radius 1 is 1.42 bits per heavy atom. The molecule has 0 radical (unpaired) electrons. The van der Waals surface area contributed by atoms with Crippen LogP contribution in [0.25, 0.3) is 0 Å². The average molecular weight is 305 g/mol. The summed E-state index contributed by atoms with van der Waals surface area (Å²) in [6.07, 6.45) is 0.652. The van der Waals surface area contributed by atoms with Crippen LogP contribution in [0, 0.1) is 0 Å². The first-order valence-electron chi connectivity index (χ1n) is 6.15. The van der Waals surface area contributed by atoms with Gasteiger partial charge in [-0.25, -0.2) is 0 Å². The second-order valence-electron chi connectivity index (χ2n) is 4.12. The van der Waals surface area contributed by atoms with Gasteiger partial charge < -0.3 is 10.4 Å². The van der Waals surface area contributed by atoms with Crippen LogP contribution in [0.2, 0.25) is 10.0 Å². The molecule has 6 heteroatoms. The van der Waals surface area contributed by atoms with Crippen molar-refractivity contribution in [3.63, 3.8) is 0 Å². The van der Waals surface area contributed by atoms with Crippen molar-refractivity contribution in [2.75, 3.05) is 31.6 Å². The fraction of sp³-hybridized carbons (Fsp3) is 0.462. The largest absolute Gasteiger partial charge is 0.396 e. The summed E-state index contributed by atoms with van der Waals surface area (Å²) in [6, 6.07) is 4.92. The topological polar surface area (TPSA) is 52.6 Å². The van der Waals surface area contributed by atoms with E-state index >= 15 is 0 Å². The summed E-state index contributed by atoms with van der Waals surface area (Å²) in [6.45, 7) is 3.79. The van der Waals surface area contributed by atoms with Crippen molar-refractivity contribution < 1.29 is 9.90 Å². The number of likely N-dealkylation sites (N-methyl/N-ethyl adjacent to an activating group) is 1. The van der Waals surface area contributed by atoms with Crippen molar-refractivity contribution >= 4 is 34.8 Å². The van der Waals surface area contributed by atoms with Gasteiger partial charge in [0.2, 0.25) is 5.91 Å². The highest BCUT2D eigenvalue weighted by Gasteiger charge is 2.10. The highest BCUT2D eigenvalue weighted by Crippen LogP contribution is 2.25. The number of nitrogens with zero attached hydrogens (tertiary/aromatic N) is 1. The van der Waals surface area contributed by atoms with E-state index < -0.39 is 0 Å². The molecule has 0 saturated carbocycles. The number of aliphatic hydroxyl groups excluding tert-OH is 1. The van der Waals surface area contributed by atoms with Crippen molar-refractivity contribution in [1.29, 1.82) is 0 Å². The summed E-state index contributed by atoms with van der Waals surface area (Å²) in [5.41, 5.74) is 0.511. The van der Waals surface area contributed by atoms with Crippen LogP contribution in [0.3, 0.4) is 0 Å². The Hall–Kier alpha value is -0.810. The minimum Gasteiger partial charge on any atom is -0.396 e. The van der Waals surface area contributed by atoms with Crippen LogP contribution < -0.4 is 5.32 Å². The average Bonchev–Trinajstić information content (AvgIpc) is 2.38. The van der Waals surface area contributed by atoms with Gasteiger partial charge >= 0.3 is 0 Å². The molecule has 0 bridgehead atoms. The van der Waals surface area contributed by atoms with Crippen molar-refractivity contribution in [3.05, 3.63) is 28.2 Å². The molecule has 0 aromatic heterocycles. The third-order valence-corrected chi connectivity index (χ3v) is 3.21. The third-order valence-electron chi connectivity index (χ3n) is 2.65. The van der Waals surface area contributed by atoms with Gasteiger partial charge in [0.25, 0.3) is 0 Å². The number of anilines is 1. The number of halogens is 2. The van der Waals surface area contributed by atoms with E-state index in [1.165, 1.54) is 0 Å². The van der Waals surface area contributed by atoms with Crippen LogP contribution >= 0.6 is 23.2 Å². The lowest BCUT2D eigenvalue weighted by molar-refractivity contribution is -0.117. The molecule has 0 saturated heterocycles. The van der Waals surface area contributed by atoms with E-state index in [9.17, 15) is 4.79 Å². The van der Waals surface area contributed by atoms with Crippen molar-refractivity contribution in [3.8, 4) is 0 Å². The number of amides is 1. The number of rotatable bonds is 7. The number of hydrogen-bond donors (Lipinski definition) is 2. The SMILES string of the molecule is CCN(CCCO)CC(=O)Nc1cc(Cl)ccc1Cl. The highest BCUT2D eigenvalue weighted by molar-refractivity contribution is 6.35. The first kappa shape index (κ1) is 16.2. The van der Waals surface area contributed by atoms with E-state index in [2.05, 4.69) is 5.32 Å². The van der Waals surface area contributed by atoms with Gasteiger partial charge in [-0.2, -0.15) is 0 Å². The molecule has 1 rings (SSSR count). The molecule has 19 heavy (non-hydrogen) atoms. The summed E-state index contributed by atoms with van der Waals surface area (Å²) >= 11 is 11.8. The predicted octanol–water partition coefficient (Wildman–Crippen LogP) is 2.64. The summed E-state index contributed by atoms with van der Waals surface area (Å²) in [5, 5.41) is 12.5. The van der Waals surface area contributed by atoms with Gasteiger partial charge in [0.15, 0.2) is 0 Å². The van der Waals surface area contributed by atoms with Crippen LogP contribution in [0.4, 0.5) is 5.69 Å². The van der Waals surface area contributed by atoms with Gasteiger partial charge in [0.1, 0.15) is 0 Å². The lowest BCUT2D eigenvalue weighted by Gasteiger charge is -2.19. The molecular weight excluding hydrogens is 287 g/mol. The molecule has 0 unspecified atom stereocenters. The molecule has 106 valence electrons. The minimum atomic E-state index is -0.149. The summed E-state index contributed by atoms with van der Waals surface area (Å²) < 4.78 is 0. The fourth-order valence-electron chi connectivity index (χ4n) is 1.63. The first-order valence-corrected chi connectivity index (χ1v) is 6.90. The van der Waals surface area contributed by atoms with Crippen molar-refractivity contribution in [2.45, 2.75) is 13.3 Å². The van der Waals surface area contributed by atoms with E-state index in [1.54, 1.807) is 18.2 Å². The number of hydrogen-bond acceptors (Lipinski definition) is 3. The summed E-state index contributed by atoms with van der Waals surface area (Å²) in [4.78, 5) is 13.8. The maximum atomic E-state index is 11.9. The maximum Gasteiger partial charge on any atom is 0.238 e. The van der Waals surface area contributed by atoms with E-state index in [0.717, 1.165) is 6.54 Å². The normalized spacial score (nSPS) is 10.8. The highest BCUT2D eigenvalue weighted by atomic mass is 35.5. The van der Waals surface area contributed by atoms with Gasteiger partial charge in [0.05, 0.1) is 17.3 Å². The zero-order valence-electron chi connectivity index (χ0n) is 10.8. The molecule has 1 aromatic carbocycles. The second kappa shape index (κ2) is 8.38. The van der Waals surface area contributed by atoms with Gasteiger partial charge in [-0.15, -0.1) is 0 Å². The molecule has 0 heterocycles. The van der Waals surface area contributed by atoms with E-state index in [-0.39, 0.29) is 19.1 Å². The van der Waals surface area contributed by atoms with Gasteiger partial charge in [-0.1, -0.05) is 30.1 Å². The molecule has 0 aliphatic carbocycles. The fourth-order valence-corrected chi connectivity index (χ4v) is 1.97. The molecule has 4 nitrogen and oxygen atoms in total. The summed E-state index contributed by atoms with van der Waals surface area (Å²) in [5.74, 6) is -0.149. The number of carbonyl (C=O) groups excluding carboxylic acids is 1. The number of benzene rings is 1. The smallest absolute Gasteiger partial charge is 0.238 e. The quantitative estimate of drug-likeness (QED) is 0.814. The molecule has 1 amide bonds. The van der Waals surface area contributed by atoms with Gasteiger partial charge in [0, 0.05) is 18.2 Å². The molecule has 0 fully saturated rings. The van der Waals surface area contributed by atoms with Gasteiger partial charge in [-0.3, -0.25) is 9.69 Å². The lowest BCUT2D eigenvalue weighted by Crippen LogP contribution is -2.34. The van der Waals surface area contributed by atoms with Crippen LogP contribution in [-0.2, 0) is 4.79 Å². The van der Waals surface area contributed by atoms with E-state index in [1.807, 2.05) is 11.8 Å². The minimum absolute atomic E-state index is 0.123. The number of carbonyl (C=O) groups is 1. The molecule has 0 aliphatic heterocycles. The van der Waals surface area contributed by atoms with Crippen LogP contribution in [-0.4, -0.2) is 42.2 Å². The molecular formula is C13H18Cl2N2O2. The Bertz CT molecular complexity index is 427. The van der Waals surface area contributed by atoms with Crippen molar-refractivity contribution in [2.24, 2.45) is 0 Å². The Morgan fingerprint density at radius 3 is 2.79 bits per heavy atom. The molecule has 0 spiro atoms. The predicted molar refractivity (Wildman–Crippen MR) is 78.9 cm³/mol. The number of aliphatic hydroxyl groups is 1. The Labute approximate surface area is 123 Å². The van der Waals surface area contributed by atoms with Gasteiger partial charge in [-0.05, 0) is 31.2 Å². The second-order valence-corrected chi connectivity index (χ2v) is 4.96. The maximum absolute atomic E-state index is 11.9. The zero-order valence-corrected chi connectivity index (χ0v) is 12.3. The Kier molecular flexibility index (Phi) is 7.16. The van der Waals surface area contributed by atoms with Crippen molar-refractivity contribution in [1.82, 2.24) is 4.90 Å². The van der Waals surface area contributed by atoms with E-state index in [0.29, 0.717) is 28.7 Å².